The number of benzene rings is 1. The molecule has 0 fully saturated rings. The SMILES string of the molecule is CNc1cnccc1C(=O)Nc1ccc(F)cc1OC. The summed E-state index contributed by atoms with van der Waals surface area (Å²) in [5.74, 6) is -0.500. The van der Waals surface area contributed by atoms with Gasteiger partial charge in [0, 0.05) is 19.3 Å². The maximum absolute atomic E-state index is 13.1. The van der Waals surface area contributed by atoms with Gasteiger partial charge in [-0.25, -0.2) is 4.39 Å². The fourth-order valence-electron chi connectivity index (χ4n) is 1.75. The molecule has 0 unspecified atom stereocenters. The van der Waals surface area contributed by atoms with Gasteiger partial charge in [-0.15, -0.1) is 0 Å². The highest BCUT2D eigenvalue weighted by Gasteiger charge is 2.13. The number of halogens is 1. The number of pyridine rings is 1. The quantitative estimate of drug-likeness (QED) is 0.900. The molecule has 2 rings (SSSR count). The molecule has 1 amide bonds. The van der Waals surface area contributed by atoms with E-state index in [9.17, 15) is 9.18 Å². The van der Waals surface area contributed by atoms with E-state index in [-0.39, 0.29) is 11.7 Å². The summed E-state index contributed by atoms with van der Waals surface area (Å²) in [6, 6.07) is 5.51. The molecule has 0 spiro atoms. The van der Waals surface area contributed by atoms with Crippen molar-refractivity contribution < 1.29 is 13.9 Å². The van der Waals surface area contributed by atoms with Crippen LogP contribution in [0.1, 0.15) is 10.4 Å². The summed E-state index contributed by atoms with van der Waals surface area (Å²) >= 11 is 0. The Balaban J connectivity index is 2.28. The number of methoxy groups -OCH3 is 1. The van der Waals surface area contributed by atoms with Gasteiger partial charge in [0.15, 0.2) is 0 Å². The molecule has 2 N–H and O–H groups in total. The minimum Gasteiger partial charge on any atom is -0.494 e. The minimum atomic E-state index is -0.431. The second-order valence-corrected chi connectivity index (χ2v) is 3.97. The molecule has 0 bridgehead atoms. The molecule has 0 aliphatic carbocycles. The largest absolute Gasteiger partial charge is 0.494 e. The number of carbonyl (C=O) groups is 1. The Morgan fingerprint density at radius 3 is 2.80 bits per heavy atom. The van der Waals surface area contributed by atoms with Crippen LogP contribution < -0.4 is 15.4 Å². The molecule has 6 heteroatoms. The number of aromatic nitrogens is 1. The van der Waals surface area contributed by atoms with Crippen molar-refractivity contribution >= 4 is 17.3 Å². The fourth-order valence-corrected chi connectivity index (χ4v) is 1.75. The van der Waals surface area contributed by atoms with Crippen LogP contribution in [0.2, 0.25) is 0 Å². The van der Waals surface area contributed by atoms with E-state index in [1.54, 1.807) is 19.3 Å². The van der Waals surface area contributed by atoms with Crippen LogP contribution in [-0.2, 0) is 0 Å². The molecular formula is C14H14FN3O2. The molecular weight excluding hydrogens is 261 g/mol. The minimum absolute atomic E-state index is 0.262. The third kappa shape index (κ3) is 2.85. The smallest absolute Gasteiger partial charge is 0.257 e. The molecule has 0 aliphatic heterocycles. The van der Waals surface area contributed by atoms with Gasteiger partial charge in [-0.2, -0.15) is 0 Å². The van der Waals surface area contributed by atoms with Crippen molar-refractivity contribution in [2.45, 2.75) is 0 Å². The van der Waals surface area contributed by atoms with Crippen LogP contribution in [-0.4, -0.2) is 25.0 Å². The molecule has 1 aromatic heterocycles. The zero-order valence-electron chi connectivity index (χ0n) is 11.1. The van der Waals surface area contributed by atoms with Crippen molar-refractivity contribution in [3.63, 3.8) is 0 Å². The zero-order chi connectivity index (χ0) is 14.5. The maximum atomic E-state index is 13.1. The molecule has 1 aromatic carbocycles. The summed E-state index contributed by atoms with van der Waals surface area (Å²) in [6.07, 6.45) is 3.08. The summed E-state index contributed by atoms with van der Waals surface area (Å²) in [4.78, 5) is 16.2. The molecule has 2 aromatic rings. The van der Waals surface area contributed by atoms with E-state index in [1.165, 1.54) is 31.5 Å². The van der Waals surface area contributed by atoms with Gasteiger partial charge in [-0.05, 0) is 18.2 Å². The number of hydrogen-bond acceptors (Lipinski definition) is 4. The Morgan fingerprint density at radius 2 is 2.10 bits per heavy atom. The number of anilines is 2. The van der Waals surface area contributed by atoms with Gasteiger partial charge in [0.1, 0.15) is 11.6 Å². The molecule has 0 aliphatic rings. The predicted molar refractivity (Wildman–Crippen MR) is 74.7 cm³/mol. The molecule has 0 atom stereocenters. The Kier molecular flexibility index (Phi) is 4.14. The molecule has 5 nitrogen and oxygen atoms in total. The number of nitrogens with one attached hydrogen (secondary N) is 2. The van der Waals surface area contributed by atoms with E-state index < -0.39 is 5.82 Å². The van der Waals surface area contributed by atoms with Gasteiger partial charge in [0.05, 0.1) is 30.2 Å². The van der Waals surface area contributed by atoms with Crippen LogP contribution in [0.15, 0.2) is 36.7 Å². The first kappa shape index (κ1) is 13.8. The average molecular weight is 275 g/mol. The summed E-state index contributed by atoms with van der Waals surface area (Å²) in [5, 5.41) is 5.57. The van der Waals surface area contributed by atoms with Crippen molar-refractivity contribution in [3.8, 4) is 5.75 Å². The average Bonchev–Trinajstić information content (AvgIpc) is 2.48. The summed E-state index contributed by atoms with van der Waals surface area (Å²) in [6.45, 7) is 0. The first-order chi connectivity index (χ1) is 9.65. The van der Waals surface area contributed by atoms with Gasteiger partial charge in [-0.3, -0.25) is 9.78 Å². The van der Waals surface area contributed by atoms with Crippen molar-refractivity contribution in [1.29, 1.82) is 0 Å². The Labute approximate surface area is 115 Å². The lowest BCUT2D eigenvalue weighted by atomic mass is 10.2. The Bertz CT molecular complexity index is 632. The lowest BCUT2D eigenvalue weighted by Gasteiger charge is -2.12. The van der Waals surface area contributed by atoms with E-state index in [0.29, 0.717) is 16.9 Å². The summed E-state index contributed by atoms with van der Waals surface area (Å²) in [5.41, 5.74) is 1.44. The number of carbonyl (C=O) groups excluding carboxylic acids is 1. The number of rotatable bonds is 4. The Hall–Kier alpha value is -2.63. The van der Waals surface area contributed by atoms with Gasteiger partial charge < -0.3 is 15.4 Å². The first-order valence-electron chi connectivity index (χ1n) is 5.92. The molecule has 0 saturated heterocycles. The van der Waals surface area contributed by atoms with Crippen molar-refractivity contribution in [2.75, 3.05) is 24.8 Å². The van der Waals surface area contributed by atoms with Crippen molar-refractivity contribution in [2.24, 2.45) is 0 Å². The summed E-state index contributed by atoms with van der Waals surface area (Å²) in [7, 11) is 3.11. The molecule has 1 heterocycles. The topological polar surface area (TPSA) is 63.2 Å². The lowest BCUT2D eigenvalue weighted by molar-refractivity contribution is 0.102. The third-order valence-electron chi connectivity index (χ3n) is 2.75. The van der Waals surface area contributed by atoms with E-state index in [1.807, 2.05) is 0 Å². The number of ether oxygens (including phenoxy) is 1. The van der Waals surface area contributed by atoms with Crippen LogP contribution in [0.3, 0.4) is 0 Å². The molecule has 0 radical (unpaired) electrons. The monoisotopic (exact) mass is 275 g/mol. The number of hydrogen-bond donors (Lipinski definition) is 2. The highest BCUT2D eigenvalue weighted by molar-refractivity contribution is 6.08. The van der Waals surface area contributed by atoms with E-state index in [2.05, 4.69) is 15.6 Å². The van der Waals surface area contributed by atoms with E-state index in [4.69, 9.17) is 4.74 Å². The highest BCUT2D eigenvalue weighted by atomic mass is 19.1. The molecule has 0 saturated carbocycles. The second kappa shape index (κ2) is 6.01. The fraction of sp³-hybridized carbons (Fsp3) is 0.143. The van der Waals surface area contributed by atoms with Crippen LogP contribution in [0.5, 0.6) is 5.75 Å². The first-order valence-corrected chi connectivity index (χ1v) is 5.92. The molecule has 104 valence electrons. The van der Waals surface area contributed by atoms with Crippen LogP contribution in [0, 0.1) is 5.82 Å². The van der Waals surface area contributed by atoms with E-state index >= 15 is 0 Å². The second-order valence-electron chi connectivity index (χ2n) is 3.97. The number of nitrogens with zero attached hydrogens (tertiary/aromatic N) is 1. The number of amides is 1. The third-order valence-corrected chi connectivity index (χ3v) is 2.75. The molecule has 20 heavy (non-hydrogen) atoms. The van der Waals surface area contributed by atoms with Gasteiger partial charge >= 0.3 is 0 Å². The van der Waals surface area contributed by atoms with Gasteiger partial charge in [-0.1, -0.05) is 0 Å². The Morgan fingerprint density at radius 1 is 1.30 bits per heavy atom. The predicted octanol–water partition coefficient (Wildman–Crippen LogP) is 2.52. The van der Waals surface area contributed by atoms with Crippen LogP contribution >= 0.6 is 0 Å². The lowest BCUT2D eigenvalue weighted by Crippen LogP contribution is -2.14. The summed E-state index contributed by atoms with van der Waals surface area (Å²) < 4.78 is 18.1. The van der Waals surface area contributed by atoms with E-state index in [0.717, 1.165) is 0 Å². The van der Waals surface area contributed by atoms with Gasteiger partial charge in [0.25, 0.3) is 5.91 Å². The standard InChI is InChI=1S/C14H14FN3O2/c1-16-12-8-17-6-5-10(12)14(19)18-11-4-3-9(15)7-13(11)20-2/h3-8,16H,1-2H3,(H,18,19). The maximum Gasteiger partial charge on any atom is 0.257 e. The van der Waals surface area contributed by atoms with Gasteiger partial charge in [0.2, 0.25) is 0 Å². The zero-order valence-corrected chi connectivity index (χ0v) is 11.1. The van der Waals surface area contributed by atoms with Crippen LogP contribution in [0.4, 0.5) is 15.8 Å². The normalized spacial score (nSPS) is 9.95. The highest BCUT2D eigenvalue weighted by Crippen LogP contribution is 2.26. The van der Waals surface area contributed by atoms with Crippen molar-refractivity contribution in [3.05, 3.63) is 48.0 Å². The van der Waals surface area contributed by atoms with Crippen LogP contribution in [0.25, 0.3) is 0 Å². The van der Waals surface area contributed by atoms with Crippen molar-refractivity contribution in [1.82, 2.24) is 4.98 Å².